The van der Waals surface area contributed by atoms with Gasteiger partial charge in [-0.25, -0.2) is 13.4 Å². The van der Waals surface area contributed by atoms with Crippen molar-refractivity contribution < 1.29 is 8.42 Å². The molecule has 0 bridgehead atoms. The highest BCUT2D eigenvalue weighted by atomic mass is 32.2. The minimum absolute atomic E-state index is 0.118. The molecular weight excluding hydrogens is 264 g/mol. The summed E-state index contributed by atoms with van der Waals surface area (Å²) < 4.78 is 22.6. The lowest BCUT2D eigenvalue weighted by Gasteiger charge is -2.13. The molecule has 0 radical (unpaired) electrons. The minimum Gasteiger partial charge on any atom is -0.368 e. The van der Waals surface area contributed by atoms with Crippen molar-refractivity contribution in [2.45, 2.75) is 50.2 Å². The Morgan fingerprint density at radius 2 is 1.74 bits per heavy atom. The topological polar surface area (TPSA) is 98.8 Å². The Morgan fingerprint density at radius 3 is 2.32 bits per heavy atom. The zero-order valence-corrected chi connectivity index (χ0v) is 12.0. The Bertz CT molecular complexity index is 537. The van der Waals surface area contributed by atoms with Crippen LogP contribution < -0.4 is 5.73 Å². The molecule has 0 atom stereocenters. The number of rotatable bonds is 3. The van der Waals surface area contributed by atoms with Crippen LogP contribution in [0.15, 0.2) is 0 Å². The van der Waals surface area contributed by atoms with Gasteiger partial charge >= 0.3 is 0 Å². The monoisotopic (exact) mass is 284 g/mol. The quantitative estimate of drug-likeness (QED) is 0.843. The molecular formula is C12H20N4O2S. The zero-order valence-electron chi connectivity index (χ0n) is 11.2. The molecule has 1 heterocycles. The molecule has 1 saturated carbocycles. The molecule has 0 aliphatic heterocycles. The van der Waals surface area contributed by atoms with Crippen molar-refractivity contribution >= 4 is 15.8 Å². The average Bonchev–Trinajstić information content (AvgIpc) is 2.53. The molecule has 0 aromatic carbocycles. The van der Waals surface area contributed by atoms with Gasteiger partial charge in [-0.15, -0.1) is 0 Å². The van der Waals surface area contributed by atoms with E-state index in [-0.39, 0.29) is 23.4 Å². The number of aromatic nitrogens is 3. The number of hydrogen-bond acceptors (Lipinski definition) is 6. The van der Waals surface area contributed by atoms with Crippen LogP contribution in [-0.4, -0.2) is 29.6 Å². The third-order valence-corrected chi connectivity index (χ3v) is 4.11. The summed E-state index contributed by atoms with van der Waals surface area (Å²) in [5.41, 5.74) is 5.67. The van der Waals surface area contributed by atoms with Gasteiger partial charge < -0.3 is 5.73 Å². The summed E-state index contributed by atoms with van der Waals surface area (Å²) >= 11 is 0. The maximum atomic E-state index is 11.3. The Kier molecular flexibility index (Phi) is 4.34. The second kappa shape index (κ2) is 5.81. The molecule has 1 aliphatic rings. The van der Waals surface area contributed by atoms with E-state index in [1.807, 2.05) is 0 Å². The van der Waals surface area contributed by atoms with Crippen molar-refractivity contribution in [1.29, 1.82) is 0 Å². The van der Waals surface area contributed by atoms with Crippen molar-refractivity contribution in [3.8, 4) is 0 Å². The highest BCUT2D eigenvalue weighted by Crippen LogP contribution is 2.29. The fourth-order valence-electron chi connectivity index (χ4n) is 2.48. The third kappa shape index (κ3) is 4.41. The van der Waals surface area contributed by atoms with Crippen molar-refractivity contribution in [2.75, 3.05) is 12.0 Å². The molecule has 19 heavy (non-hydrogen) atoms. The van der Waals surface area contributed by atoms with Crippen LogP contribution in [0.5, 0.6) is 0 Å². The lowest BCUT2D eigenvalue weighted by Crippen LogP contribution is -2.13. The number of nitrogens with zero attached hydrogens (tertiary/aromatic N) is 3. The summed E-state index contributed by atoms with van der Waals surface area (Å²) in [6, 6.07) is 0. The smallest absolute Gasteiger partial charge is 0.223 e. The molecule has 7 heteroatoms. The Labute approximate surface area is 113 Å². The van der Waals surface area contributed by atoms with Crippen LogP contribution in [0.3, 0.4) is 0 Å². The van der Waals surface area contributed by atoms with Gasteiger partial charge in [0.2, 0.25) is 5.95 Å². The molecule has 106 valence electrons. The molecule has 0 spiro atoms. The molecule has 2 rings (SSSR count). The predicted molar refractivity (Wildman–Crippen MR) is 73.2 cm³/mol. The molecule has 2 N–H and O–H groups in total. The highest BCUT2D eigenvalue weighted by molar-refractivity contribution is 7.89. The van der Waals surface area contributed by atoms with Gasteiger partial charge in [0, 0.05) is 12.2 Å². The van der Waals surface area contributed by atoms with E-state index in [1.54, 1.807) is 0 Å². The lowest BCUT2D eigenvalue weighted by atomic mass is 10.00. The van der Waals surface area contributed by atoms with Crippen LogP contribution in [0.1, 0.15) is 56.1 Å². The van der Waals surface area contributed by atoms with Gasteiger partial charge in [-0.1, -0.05) is 25.7 Å². The van der Waals surface area contributed by atoms with Crippen molar-refractivity contribution in [3.05, 3.63) is 11.6 Å². The largest absolute Gasteiger partial charge is 0.368 e. The van der Waals surface area contributed by atoms with Crippen molar-refractivity contribution in [3.63, 3.8) is 0 Å². The highest BCUT2D eigenvalue weighted by Gasteiger charge is 2.19. The van der Waals surface area contributed by atoms with Gasteiger partial charge in [0.1, 0.15) is 17.4 Å². The molecule has 6 nitrogen and oxygen atoms in total. The number of anilines is 1. The Hall–Kier alpha value is -1.24. The summed E-state index contributed by atoms with van der Waals surface area (Å²) in [5.74, 6) is 1.14. The third-order valence-electron chi connectivity index (χ3n) is 3.33. The average molecular weight is 284 g/mol. The van der Waals surface area contributed by atoms with Gasteiger partial charge in [-0.05, 0) is 12.8 Å². The van der Waals surface area contributed by atoms with Gasteiger partial charge in [0.15, 0.2) is 9.84 Å². The zero-order chi connectivity index (χ0) is 13.9. The normalized spacial score (nSPS) is 18.2. The molecule has 1 aromatic heterocycles. The van der Waals surface area contributed by atoms with E-state index >= 15 is 0 Å². The maximum absolute atomic E-state index is 11.3. The van der Waals surface area contributed by atoms with Gasteiger partial charge in [-0.2, -0.15) is 9.97 Å². The lowest BCUT2D eigenvalue weighted by molar-refractivity contribution is 0.554. The van der Waals surface area contributed by atoms with Crippen LogP contribution in [0.25, 0.3) is 0 Å². The van der Waals surface area contributed by atoms with Crippen LogP contribution in [-0.2, 0) is 15.6 Å². The van der Waals surface area contributed by atoms with Crippen LogP contribution in [0, 0.1) is 0 Å². The second-order valence-electron chi connectivity index (χ2n) is 5.23. The maximum Gasteiger partial charge on any atom is 0.223 e. The first kappa shape index (κ1) is 14.2. The van der Waals surface area contributed by atoms with Gasteiger partial charge in [0.25, 0.3) is 0 Å². The standard InChI is InChI=1S/C12H20N4O2S/c1-19(17,18)8-10-14-11(16-12(13)15-10)9-6-4-2-3-5-7-9/h9H,2-8H2,1H3,(H2,13,14,15,16). The summed E-state index contributed by atoms with van der Waals surface area (Å²) in [5, 5.41) is 0. The summed E-state index contributed by atoms with van der Waals surface area (Å²) in [6.45, 7) is 0. The molecule has 0 saturated heterocycles. The van der Waals surface area contributed by atoms with E-state index in [2.05, 4.69) is 15.0 Å². The second-order valence-corrected chi connectivity index (χ2v) is 7.37. The minimum atomic E-state index is -3.16. The summed E-state index contributed by atoms with van der Waals surface area (Å²) in [4.78, 5) is 12.4. The van der Waals surface area contributed by atoms with E-state index in [9.17, 15) is 8.42 Å². The Morgan fingerprint density at radius 1 is 1.11 bits per heavy atom. The Balaban J connectivity index is 2.24. The van der Waals surface area contributed by atoms with Gasteiger partial charge in [0.05, 0.1) is 0 Å². The van der Waals surface area contributed by atoms with Crippen molar-refractivity contribution in [2.24, 2.45) is 0 Å². The number of hydrogen-bond donors (Lipinski definition) is 1. The van der Waals surface area contributed by atoms with Crippen molar-refractivity contribution in [1.82, 2.24) is 15.0 Å². The number of nitrogens with two attached hydrogens (primary N) is 1. The van der Waals surface area contributed by atoms with E-state index < -0.39 is 9.84 Å². The van der Waals surface area contributed by atoms with Crippen LogP contribution in [0.4, 0.5) is 5.95 Å². The van der Waals surface area contributed by atoms with E-state index in [4.69, 9.17) is 5.73 Å². The van der Waals surface area contributed by atoms with E-state index in [0.717, 1.165) is 31.9 Å². The molecule has 1 aliphatic carbocycles. The molecule has 0 unspecified atom stereocenters. The number of nitrogen functional groups attached to an aromatic ring is 1. The first-order chi connectivity index (χ1) is 8.94. The fraction of sp³-hybridized carbons (Fsp3) is 0.750. The van der Waals surface area contributed by atoms with Crippen LogP contribution in [0.2, 0.25) is 0 Å². The molecule has 0 amide bonds. The fourth-order valence-corrected chi connectivity index (χ4v) is 3.07. The first-order valence-corrected chi connectivity index (χ1v) is 8.68. The number of sulfone groups is 1. The predicted octanol–water partition coefficient (Wildman–Crippen LogP) is 1.44. The molecule has 1 aromatic rings. The molecule has 1 fully saturated rings. The first-order valence-electron chi connectivity index (χ1n) is 6.62. The summed E-state index contributed by atoms with van der Waals surface area (Å²) in [7, 11) is -3.16. The van der Waals surface area contributed by atoms with E-state index in [0.29, 0.717) is 5.82 Å². The summed E-state index contributed by atoms with van der Waals surface area (Å²) in [6.07, 6.45) is 8.07. The SMILES string of the molecule is CS(=O)(=O)Cc1nc(N)nc(C2CCCCCC2)n1. The van der Waals surface area contributed by atoms with E-state index in [1.165, 1.54) is 12.8 Å². The van der Waals surface area contributed by atoms with Crippen LogP contribution >= 0.6 is 0 Å². The van der Waals surface area contributed by atoms with Gasteiger partial charge in [-0.3, -0.25) is 0 Å².